The molecule has 4 nitrogen and oxygen atoms in total. The van der Waals surface area contributed by atoms with Gasteiger partial charge in [0.05, 0.1) is 22.2 Å². The van der Waals surface area contributed by atoms with Crippen molar-refractivity contribution in [1.82, 2.24) is 9.38 Å². The number of thioether (sulfide) groups is 1. The second-order valence-electron chi connectivity index (χ2n) is 6.82. The van der Waals surface area contributed by atoms with Crippen LogP contribution in [-0.4, -0.2) is 21.7 Å². The van der Waals surface area contributed by atoms with Crippen molar-refractivity contribution in [2.75, 3.05) is 12.4 Å². The Morgan fingerprint density at radius 1 is 1.03 bits per heavy atom. The SMILES string of the molecule is O=c1c(=Cc2ccccc2OCCSc2ccc(Cl)cc2)sc2nc3ccccc3n12. The van der Waals surface area contributed by atoms with Crippen molar-refractivity contribution in [3.8, 4) is 5.75 Å². The number of hydrogen-bond acceptors (Lipinski definition) is 5. The maximum Gasteiger partial charge on any atom is 0.274 e. The summed E-state index contributed by atoms with van der Waals surface area (Å²) < 4.78 is 8.34. The second-order valence-corrected chi connectivity index (χ2v) is 9.44. The molecular weight excluding hydrogens is 448 g/mol. The topological polar surface area (TPSA) is 43.6 Å². The molecule has 0 N–H and O–H groups in total. The van der Waals surface area contributed by atoms with Gasteiger partial charge in [0.25, 0.3) is 5.56 Å². The van der Waals surface area contributed by atoms with E-state index in [0.717, 1.165) is 38.0 Å². The zero-order valence-electron chi connectivity index (χ0n) is 16.3. The van der Waals surface area contributed by atoms with Crippen molar-refractivity contribution in [2.24, 2.45) is 0 Å². The maximum absolute atomic E-state index is 13.0. The molecule has 0 aliphatic heterocycles. The molecule has 0 radical (unpaired) electrons. The molecular formula is C24H17ClN2O2S2. The Balaban J connectivity index is 1.38. The first kappa shape index (κ1) is 20.1. The van der Waals surface area contributed by atoms with Crippen LogP contribution in [0.3, 0.4) is 0 Å². The van der Waals surface area contributed by atoms with Crippen LogP contribution in [0.25, 0.3) is 22.1 Å². The Morgan fingerprint density at radius 2 is 1.81 bits per heavy atom. The first-order chi connectivity index (χ1) is 15.2. The fourth-order valence-electron chi connectivity index (χ4n) is 3.33. The molecule has 3 aromatic carbocycles. The van der Waals surface area contributed by atoms with Gasteiger partial charge >= 0.3 is 0 Å². The van der Waals surface area contributed by atoms with E-state index >= 15 is 0 Å². The first-order valence-corrected chi connectivity index (χ1v) is 11.9. The van der Waals surface area contributed by atoms with Crippen molar-refractivity contribution in [3.05, 3.63) is 98.3 Å². The summed E-state index contributed by atoms with van der Waals surface area (Å²) in [5.41, 5.74) is 2.49. The molecule has 0 aliphatic rings. The fourth-order valence-corrected chi connectivity index (χ4v) is 5.16. The Bertz CT molecular complexity index is 1480. The molecule has 7 heteroatoms. The van der Waals surface area contributed by atoms with Gasteiger partial charge in [-0.15, -0.1) is 11.8 Å². The quantitative estimate of drug-likeness (QED) is 0.253. The van der Waals surface area contributed by atoms with Crippen LogP contribution in [0.5, 0.6) is 5.75 Å². The van der Waals surface area contributed by atoms with E-state index in [-0.39, 0.29) is 5.56 Å². The normalized spacial score (nSPS) is 12.1. The molecule has 5 aromatic rings. The minimum absolute atomic E-state index is 0.0539. The van der Waals surface area contributed by atoms with Crippen LogP contribution < -0.4 is 14.8 Å². The average molecular weight is 465 g/mol. The van der Waals surface area contributed by atoms with Gasteiger partial charge in [-0.2, -0.15) is 0 Å². The number of aromatic nitrogens is 2. The standard InChI is InChI=1S/C24H17ClN2O2S2/c25-17-9-11-18(12-10-17)30-14-13-29-21-8-4-1-5-16(21)15-22-23(28)27-20-7-3-2-6-19(20)26-24(27)31-22/h1-12,15H,13-14H2. The molecule has 0 fully saturated rings. The number of para-hydroxylation sites is 3. The summed E-state index contributed by atoms with van der Waals surface area (Å²) in [6.45, 7) is 0.556. The summed E-state index contributed by atoms with van der Waals surface area (Å²) in [5.74, 6) is 1.57. The molecule has 0 aliphatic carbocycles. The zero-order valence-corrected chi connectivity index (χ0v) is 18.7. The number of hydrogen-bond donors (Lipinski definition) is 0. The highest BCUT2D eigenvalue weighted by atomic mass is 35.5. The minimum atomic E-state index is -0.0539. The maximum atomic E-state index is 13.0. The molecule has 2 heterocycles. The second kappa shape index (κ2) is 8.75. The predicted octanol–water partition coefficient (Wildman–Crippen LogP) is 5.28. The Labute approximate surface area is 191 Å². The van der Waals surface area contributed by atoms with E-state index in [0.29, 0.717) is 16.1 Å². The number of rotatable bonds is 6. The van der Waals surface area contributed by atoms with Gasteiger partial charge in [0.1, 0.15) is 5.75 Å². The highest BCUT2D eigenvalue weighted by molar-refractivity contribution is 7.99. The van der Waals surface area contributed by atoms with Crippen molar-refractivity contribution in [1.29, 1.82) is 0 Å². The molecule has 0 unspecified atom stereocenters. The number of imidazole rings is 1. The van der Waals surface area contributed by atoms with Crippen molar-refractivity contribution in [3.63, 3.8) is 0 Å². The number of ether oxygens (including phenoxy) is 1. The third kappa shape index (κ3) is 4.19. The molecule has 31 heavy (non-hydrogen) atoms. The summed E-state index contributed by atoms with van der Waals surface area (Å²) in [7, 11) is 0. The lowest BCUT2D eigenvalue weighted by molar-refractivity contribution is 0.343. The minimum Gasteiger partial charge on any atom is -0.492 e. The van der Waals surface area contributed by atoms with Crippen LogP contribution in [-0.2, 0) is 0 Å². The van der Waals surface area contributed by atoms with Crippen molar-refractivity contribution >= 4 is 56.8 Å². The molecule has 2 aromatic heterocycles. The third-order valence-corrected chi connectivity index (χ3v) is 6.97. The molecule has 0 bridgehead atoms. The summed E-state index contributed by atoms with van der Waals surface area (Å²) in [5, 5.41) is 0.733. The van der Waals surface area contributed by atoms with E-state index in [1.54, 1.807) is 16.2 Å². The van der Waals surface area contributed by atoms with Gasteiger partial charge in [0, 0.05) is 21.2 Å². The molecule has 0 saturated carbocycles. The number of thiazole rings is 1. The summed E-state index contributed by atoms with van der Waals surface area (Å²) >= 11 is 9.04. The Kier molecular flexibility index (Phi) is 5.68. The average Bonchev–Trinajstić information content (AvgIpc) is 3.30. The molecule has 0 saturated heterocycles. The summed E-state index contributed by atoms with van der Waals surface area (Å²) in [4.78, 5) is 19.4. The largest absolute Gasteiger partial charge is 0.492 e. The molecule has 154 valence electrons. The van der Waals surface area contributed by atoms with Crippen LogP contribution in [0, 0.1) is 0 Å². The number of halogens is 1. The Morgan fingerprint density at radius 3 is 2.68 bits per heavy atom. The highest BCUT2D eigenvalue weighted by Crippen LogP contribution is 2.23. The number of nitrogens with zero attached hydrogens (tertiary/aromatic N) is 2. The van der Waals surface area contributed by atoms with Crippen LogP contribution in [0.15, 0.2) is 82.5 Å². The van der Waals surface area contributed by atoms with Gasteiger partial charge in [-0.3, -0.25) is 4.79 Å². The van der Waals surface area contributed by atoms with E-state index in [1.165, 1.54) is 11.3 Å². The lowest BCUT2D eigenvalue weighted by atomic mass is 10.2. The van der Waals surface area contributed by atoms with E-state index in [2.05, 4.69) is 4.98 Å². The van der Waals surface area contributed by atoms with Crippen LogP contribution in [0.2, 0.25) is 5.02 Å². The smallest absolute Gasteiger partial charge is 0.274 e. The number of benzene rings is 3. The fraction of sp³-hybridized carbons (Fsp3) is 0.0833. The zero-order chi connectivity index (χ0) is 21.2. The van der Waals surface area contributed by atoms with Gasteiger partial charge in [0.2, 0.25) is 0 Å². The molecule has 0 spiro atoms. The van der Waals surface area contributed by atoms with Gasteiger partial charge in [0.15, 0.2) is 4.96 Å². The highest BCUT2D eigenvalue weighted by Gasteiger charge is 2.11. The molecule has 5 rings (SSSR count). The van der Waals surface area contributed by atoms with Crippen molar-refractivity contribution < 1.29 is 4.74 Å². The lowest BCUT2D eigenvalue weighted by Crippen LogP contribution is -2.22. The van der Waals surface area contributed by atoms with Crippen LogP contribution in [0.4, 0.5) is 0 Å². The van der Waals surface area contributed by atoms with Gasteiger partial charge < -0.3 is 4.74 Å². The molecule has 0 atom stereocenters. The van der Waals surface area contributed by atoms with Crippen LogP contribution >= 0.6 is 34.7 Å². The summed E-state index contributed by atoms with van der Waals surface area (Å²) in [6, 6.07) is 23.2. The van der Waals surface area contributed by atoms with Gasteiger partial charge in [-0.25, -0.2) is 9.38 Å². The predicted molar refractivity (Wildman–Crippen MR) is 130 cm³/mol. The van der Waals surface area contributed by atoms with E-state index in [1.807, 2.05) is 78.9 Å². The van der Waals surface area contributed by atoms with E-state index < -0.39 is 0 Å². The number of fused-ring (bicyclic) bond motifs is 3. The van der Waals surface area contributed by atoms with Gasteiger partial charge in [-0.05, 0) is 48.5 Å². The van der Waals surface area contributed by atoms with Crippen LogP contribution in [0.1, 0.15) is 5.56 Å². The summed E-state index contributed by atoms with van der Waals surface area (Å²) in [6.07, 6.45) is 1.89. The van der Waals surface area contributed by atoms with E-state index in [9.17, 15) is 4.79 Å². The lowest BCUT2D eigenvalue weighted by Gasteiger charge is -2.09. The first-order valence-electron chi connectivity index (χ1n) is 9.71. The van der Waals surface area contributed by atoms with Gasteiger partial charge in [-0.1, -0.05) is 53.3 Å². The van der Waals surface area contributed by atoms with Crippen molar-refractivity contribution in [2.45, 2.75) is 4.90 Å². The third-order valence-electron chi connectivity index (χ3n) is 4.77. The van der Waals surface area contributed by atoms with E-state index in [4.69, 9.17) is 16.3 Å². The Hall–Kier alpha value is -2.80. The molecule has 0 amide bonds. The monoisotopic (exact) mass is 464 g/mol.